The third-order valence-electron chi connectivity index (χ3n) is 6.12. The fourth-order valence-electron chi connectivity index (χ4n) is 4.43. The van der Waals surface area contributed by atoms with Crippen LogP contribution in [0.5, 0.6) is 0 Å². The summed E-state index contributed by atoms with van der Waals surface area (Å²) in [7, 11) is 0. The van der Waals surface area contributed by atoms with Crippen molar-refractivity contribution >= 4 is 18.3 Å². The molecule has 146 valence electrons. The molecule has 1 aromatic carbocycles. The van der Waals surface area contributed by atoms with Crippen LogP contribution in [0.25, 0.3) is 0 Å². The molecule has 0 radical (unpaired) electrons. The molecule has 3 N–H and O–H groups in total. The molecule has 1 amide bonds. The van der Waals surface area contributed by atoms with Gasteiger partial charge in [0.25, 0.3) is 0 Å². The first kappa shape index (κ1) is 21.2. The zero-order chi connectivity index (χ0) is 17.7. The van der Waals surface area contributed by atoms with Gasteiger partial charge >= 0.3 is 0 Å². The van der Waals surface area contributed by atoms with Crippen LogP contribution in [-0.4, -0.2) is 31.7 Å². The van der Waals surface area contributed by atoms with Gasteiger partial charge in [-0.3, -0.25) is 4.79 Å². The smallest absolute Gasteiger partial charge is 0.237 e. The number of nitrogens with one attached hydrogen (secondary N) is 1. The molecule has 1 aliphatic carbocycles. The first-order chi connectivity index (χ1) is 12.1. The number of benzene rings is 1. The fourth-order valence-corrected chi connectivity index (χ4v) is 4.43. The lowest BCUT2D eigenvalue weighted by Crippen LogP contribution is -2.51. The quantitative estimate of drug-likeness (QED) is 0.821. The minimum Gasteiger partial charge on any atom is -0.381 e. The van der Waals surface area contributed by atoms with Gasteiger partial charge in [-0.05, 0) is 44.1 Å². The summed E-state index contributed by atoms with van der Waals surface area (Å²) < 4.78 is 5.38. The van der Waals surface area contributed by atoms with E-state index >= 15 is 0 Å². The third kappa shape index (κ3) is 4.99. The van der Waals surface area contributed by atoms with Crippen LogP contribution in [0.4, 0.5) is 0 Å². The van der Waals surface area contributed by atoms with Gasteiger partial charge in [-0.15, -0.1) is 12.4 Å². The number of hydrogen-bond donors (Lipinski definition) is 2. The molecule has 0 spiro atoms. The van der Waals surface area contributed by atoms with E-state index in [2.05, 4.69) is 36.5 Å². The largest absolute Gasteiger partial charge is 0.381 e. The van der Waals surface area contributed by atoms with Crippen molar-refractivity contribution in [2.45, 2.75) is 63.3 Å². The van der Waals surface area contributed by atoms with Gasteiger partial charge < -0.3 is 15.8 Å². The van der Waals surface area contributed by atoms with Gasteiger partial charge in [0, 0.05) is 25.2 Å². The van der Waals surface area contributed by atoms with E-state index in [0.29, 0.717) is 6.54 Å². The Morgan fingerprint density at radius 2 is 1.96 bits per heavy atom. The van der Waals surface area contributed by atoms with E-state index < -0.39 is 6.04 Å². The number of amides is 1. The second-order valence-electron chi connectivity index (χ2n) is 7.90. The zero-order valence-corrected chi connectivity index (χ0v) is 16.7. The Morgan fingerprint density at radius 3 is 2.62 bits per heavy atom. The summed E-state index contributed by atoms with van der Waals surface area (Å²) in [5.74, 6) is 0.250. The van der Waals surface area contributed by atoms with Gasteiger partial charge in [0.2, 0.25) is 5.91 Å². The van der Waals surface area contributed by atoms with Crippen LogP contribution >= 0.6 is 12.4 Å². The maximum Gasteiger partial charge on any atom is 0.237 e. The van der Waals surface area contributed by atoms with Crippen LogP contribution in [0.15, 0.2) is 24.3 Å². The van der Waals surface area contributed by atoms with Crippen LogP contribution in [0.3, 0.4) is 0 Å². The Hall–Kier alpha value is -1.10. The third-order valence-corrected chi connectivity index (χ3v) is 6.12. The maximum absolute atomic E-state index is 12.6. The number of hydrogen-bond acceptors (Lipinski definition) is 3. The predicted molar refractivity (Wildman–Crippen MR) is 108 cm³/mol. The number of carbonyl (C=O) groups excluding carboxylic acids is 1. The average Bonchev–Trinajstić information content (AvgIpc) is 2.67. The number of ether oxygens (including phenoxy) is 1. The van der Waals surface area contributed by atoms with E-state index in [1.54, 1.807) is 0 Å². The van der Waals surface area contributed by atoms with E-state index in [1.165, 1.54) is 30.4 Å². The predicted octanol–water partition coefficient (Wildman–Crippen LogP) is 3.49. The molecule has 1 unspecified atom stereocenters. The Balaban J connectivity index is 0.00000243. The molecule has 1 heterocycles. The highest BCUT2D eigenvalue weighted by Crippen LogP contribution is 2.39. The van der Waals surface area contributed by atoms with Crippen LogP contribution in [0, 0.1) is 12.8 Å². The molecule has 2 aliphatic rings. The van der Waals surface area contributed by atoms with Crippen molar-refractivity contribution in [1.29, 1.82) is 0 Å². The monoisotopic (exact) mass is 380 g/mol. The van der Waals surface area contributed by atoms with E-state index in [0.717, 1.165) is 38.9 Å². The maximum atomic E-state index is 12.6. The minimum atomic E-state index is -0.415. The summed E-state index contributed by atoms with van der Waals surface area (Å²) in [6.45, 7) is 4.28. The highest BCUT2D eigenvalue weighted by Gasteiger charge is 2.35. The summed E-state index contributed by atoms with van der Waals surface area (Å²) in [6.07, 6.45) is 7.82. The standard InChI is InChI=1S/C21H32N2O2.ClH/c1-16-6-5-7-18(14-16)21(10-3-2-4-11-21)15-23-20(24)19(22)17-8-12-25-13-9-17;/h5-7,14,17,19H,2-4,8-13,15,22H2,1H3,(H,23,24);1H. The molecule has 3 rings (SSSR count). The molecule has 1 aliphatic heterocycles. The normalized spacial score (nSPS) is 21.5. The number of carbonyl (C=O) groups is 1. The number of nitrogens with two attached hydrogens (primary N) is 1. The minimum absolute atomic E-state index is 0. The summed E-state index contributed by atoms with van der Waals surface area (Å²) in [5, 5.41) is 3.20. The lowest BCUT2D eigenvalue weighted by atomic mass is 9.69. The van der Waals surface area contributed by atoms with Gasteiger partial charge in [0.15, 0.2) is 0 Å². The summed E-state index contributed by atoms with van der Waals surface area (Å²) in [6, 6.07) is 8.37. The molecule has 1 saturated carbocycles. The second-order valence-corrected chi connectivity index (χ2v) is 7.90. The lowest BCUT2D eigenvalue weighted by molar-refractivity contribution is -0.124. The van der Waals surface area contributed by atoms with Gasteiger partial charge in [-0.1, -0.05) is 49.1 Å². The number of rotatable bonds is 5. The Morgan fingerprint density at radius 1 is 1.27 bits per heavy atom. The van der Waals surface area contributed by atoms with E-state index in [9.17, 15) is 4.79 Å². The van der Waals surface area contributed by atoms with Gasteiger partial charge in [-0.2, -0.15) is 0 Å². The summed E-state index contributed by atoms with van der Waals surface area (Å²) in [5.41, 5.74) is 8.96. The Bertz CT molecular complexity index is 581. The van der Waals surface area contributed by atoms with Crippen molar-refractivity contribution in [1.82, 2.24) is 5.32 Å². The SMILES string of the molecule is Cc1cccc(C2(CNC(=O)C(N)C3CCOCC3)CCCCC2)c1.Cl. The second kappa shape index (κ2) is 9.72. The molecule has 26 heavy (non-hydrogen) atoms. The Kier molecular flexibility index (Phi) is 7.93. The molecule has 0 aromatic heterocycles. The lowest BCUT2D eigenvalue weighted by Gasteiger charge is -2.39. The topological polar surface area (TPSA) is 64.4 Å². The van der Waals surface area contributed by atoms with Crippen LogP contribution in [-0.2, 0) is 14.9 Å². The molecule has 1 saturated heterocycles. The first-order valence-electron chi connectivity index (χ1n) is 9.79. The molecule has 0 bridgehead atoms. The molecule has 1 atom stereocenters. The zero-order valence-electron chi connectivity index (χ0n) is 15.8. The molecule has 4 nitrogen and oxygen atoms in total. The summed E-state index contributed by atoms with van der Waals surface area (Å²) in [4.78, 5) is 12.6. The first-order valence-corrected chi connectivity index (χ1v) is 9.79. The molecule has 5 heteroatoms. The van der Waals surface area contributed by atoms with E-state index in [-0.39, 0.29) is 29.6 Å². The molecular formula is C21H33ClN2O2. The van der Waals surface area contributed by atoms with Crippen molar-refractivity contribution in [3.05, 3.63) is 35.4 Å². The Labute approximate surface area is 163 Å². The van der Waals surface area contributed by atoms with Gasteiger partial charge in [0.05, 0.1) is 6.04 Å². The molecular weight excluding hydrogens is 348 g/mol. The van der Waals surface area contributed by atoms with Crippen LogP contribution < -0.4 is 11.1 Å². The van der Waals surface area contributed by atoms with Crippen molar-refractivity contribution in [3.63, 3.8) is 0 Å². The summed E-state index contributed by atoms with van der Waals surface area (Å²) >= 11 is 0. The number of halogens is 1. The molecule has 1 aromatic rings. The fraction of sp³-hybridized carbons (Fsp3) is 0.667. The van der Waals surface area contributed by atoms with Gasteiger partial charge in [-0.25, -0.2) is 0 Å². The average molecular weight is 381 g/mol. The highest BCUT2D eigenvalue weighted by molar-refractivity contribution is 5.85. The van der Waals surface area contributed by atoms with Crippen LogP contribution in [0.1, 0.15) is 56.1 Å². The van der Waals surface area contributed by atoms with Crippen molar-refractivity contribution < 1.29 is 9.53 Å². The van der Waals surface area contributed by atoms with Crippen molar-refractivity contribution in [2.24, 2.45) is 11.7 Å². The molecule has 2 fully saturated rings. The van der Waals surface area contributed by atoms with E-state index in [4.69, 9.17) is 10.5 Å². The highest BCUT2D eigenvalue weighted by atomic mass is 35.5. The van der Waals surface area contributed by atoms with Gasteiger partial charge in [0.1, 0.15) is 0 Å². The van der Waals surface area contributed by atoms with Crippen molar-refractivity contribution in [2.75, 3.05) is 19.8 Å². The number of aryl methyl sites for hydroxylation is 1. The van der Waals surface area contributed by atoms with Crippen LogP contribution in [0.2, 0.25) is 0 Å². The van der Waals surface area contributed by atoms with Crippen molar-refractivity contribution in [3.8, 4) is 0 Å². The van der Waals surface area contributed by atoms with E-state index in [1.807, 2.05) is 0 Å².